The third-order valence-corrected chi connectivity index (χ3v) is 12.0. The highest BCUT2D eigenvalue weighted by atomic mass is 31.2. The van der Waals surface area contributed by atoms with E-state index >= 15 is 0 Å². The molecule has 2 unspecified atom stereocenters. The standard InChI is InChI=1S/C47H87O14P/c1-4-5-21-27-39(49)31-32-44-42(43(51)33-47(54)61-44)28-23-19-20-24-29-45(52)57-36-41(37-59-62(55,56)58-35-40(50)34-48)60-46(53)30-25-18-16-14-12-10-8-6-7-9-11-13-15-17-22-26-38(2)3/h19,23,31-32,38-44,47-51,54H,4-18,20-22,24-30,33-37H2,1-3H3,(H,55,56)/b23-19-,32-31+/t39-,40-,41+,42-,43-,44+,47?/m0/s1. The Morgan fingerprint density at radius 2 is 1.31 bits per heavy atom. The molecule has 1 fully saturated rings. The lowest BCUT2D eigenvalue weighted by Gasteiger charge is -2.36. The van der Waals surface area contributed by atoms with Crippen LogP contribution < -0.4 is 0 Å². The zero-order valence-electron chi connectivity index (χ0n) is 38.5. The van der Waals surface area contributed by atoms with Crippen LogP contribution in [0.1, 0.15) is 188 Å². The van der Waals surface area contributed by atoms with E-state index in [0.717, 1.165) is 44.4 Å². The second-order valence-electron chi connectivity index (χ2n) is 17.5. The summed E-state index contributed by atoms with van der Waals surface area (Å²) in [5, 5.41) is 49.4. The Bertz CT molecular complexity index is 1220. The molecule has 6 N–H and O–H groups in total. The van der Waals surface area contributed by atoms with Crippen LogP contribution in [0.15, 0.2) is 24.3 Å². The lowest BCUT2D eigenvalue weighted by atomic mass is 9.87. The van der Waals surface area contributed by atoms with Gasteiger partial charge in [-0.3, -0.25) is 18.6 Å². The maximum Gasteiger partial charge on any atom is 0.472 e. The molecule has 0 aromatic heterocycles. The Balaban J connectivity index is 2.43. The number of ether oxygens (including phenoxy) is 3. The number of carbonyl (C=O) groups excluding carboxylic acids is 2. The summed E-state index contributed by atoms with van der Waals surface area (Å²) in [5.74, 6) is -0.625. The minimum Gasteiger partial charge on any atom is -0.462 e. The molecule has 15 heteroatoms. The Labute approximate surface area is 373 Å². The fourth-order valence-corrected chi connectivity index (χ4v) is 8.07. The van der Waals surface area contributed by atoms with Crippen LogP contribution in [0, 0.1) is 11.8 Å². The number of unbranched alkanes of at least 4 members (excludes halogenated alkanes) is 17. The van der Waals surface area contributed by atoms with Crippen LogP contribution in [-0.4, -0.2) is 106 Å². The van der Waals surface area contributed by atoms with Gasteiger partial charge < -0.3 is 44.6 Å². The molecule has 0 aromatic carbocycles. The first kappa shape index (κ1) is 58.3. The first-order valence-corrected chi connectivity index (χ1v) is 25.5. The number of aliphatic hydroxyl groups is 5. The number of rotatable bonds is 40. The summed E-state index contributed by atoms with van der Waals surface area (Å²) in [4.78, 5) is 35.3. The van der Waals surface area contributed by atoms with Crippen molar-refractivity contribution in [1.82, 2.24) is 0 Å². The molecule has 1 saturated heterocycles. The van der Waals surface area contributed by atoms with Gasteiger partial charge in [-0.1, -0.05) is 161 Å². The van der Waals surface area contributed by atoms with E-state index in [1.54, 1.807) is 12.2 Å². The zero-order chi connectivity index (χ0) is 45.9. The molecule has 0 radical (unpaired) electrons. The predicted octanol–water partition coefficient (Wildman–Crippen LogP) is 8.91. The van der Waals surface area contributed by atoms with Crippen molar-refractivity contribution in [3.05, 3.63) is 24.3 Å². The molecular weight excluding hydrogens is 819 g/mol. The van der Waals surface area contributed by atoms with E-state index in [9.17, 15) is 39.5 Å². The van der Waals surface area contributed by atoms with Crippen molar-refractivity contribution in [2.45, 2.75) is 225 Å². The van der Waals surface area contributed by atoms with E-state index in [1.165, 1.54) is 77.0 Å². The summed E-state index contributed by atoms with van der Waals surface area (Å²) in [6, 6.07) is 0. The third-order valence-electron chi connectivity index (χ3n) is 11.1. The van der Waals surface area contributed by atoms with Gasteiger partial charge in [-0.05, 0) is 38.0 Å². The number of phosphoric acid groups is 1. The largest absolute Gasteiger partial charge is 0.472 e. The molecule has 1 heterocycles. The Hall–Kier alpha value is -1.71. The van der Waals surface area contributed by atoms with Gasteiger partial charge in [0, 0.05) is 25.2 Å². The number of hydrogen-bond acceptors (Lipinski definition) is 13. The van der Waals surface area contributed by atoms with E-state index in [4.69, 9.17) is 23.8 Å². The number of esters is 2. The topological polar surface area (TPSA) is 219 Å². The van der Waals surface area contributed by atoms with Gasteiger partial charge in [0.05, 0.1) is 38.1 Å². The van der Waals surface area contributed by atoms with Crippen LogP contribution >= 0.6 is 7.82 Å². The molecule has 0 aromatic rings. The van der Waals surface area contributed by atoms with Crippen molar-refractivity contribution in [2.24, 2.45) is 11.8 Å². The van der Waals surface area contributed by atoms with Crippen LogP contribution in [0.5, 0.6) is 0 Å². The molecular formula is C47H87O14P. The Morgan fingerprint density at radius 1 is 0.742 bits per heavy atom. The highest BCUT2D eigenvalue weighted by Gasteiger charge is 2.35. The molecule has 0 aliphatic carbocycles. The van der Waals surface area contributed by atoms with Gasteiger partial charge in [-0.15, -0.1) is 0 Å². The normalized spacial score (nSPS) is 20.7. The van der Waals surface area contributed by atoms with Gasteiger partial charge >= 0.3 is 19.8 Å². The monoisotopic (exact) mass is 907 g/mol. The van der Waals surface area contributed by atoms with Gasteiger partial charge in [-0.2, -0.15) is 0 Å². The fraction of sp³-hybridized carbons (Fsp3) is 0.872. The first-order valence-electron chi connectivity index (χ1n) is 24.0. The van der Waals surface area contributed by atoms with Crippen molar-refractivity contribution in [1.29, 1.82) is 0 Å². The number of hydrogen-bond donors (Lipinski definition) is 6. The van der Waals surface area contributed by atoms with Crippen LogP contribution in [-0.2, 0) is 37.4 Å². The van der Waals surface area contributed by atoms with Gasteiger partial charge in [0.1, 0.15) is 12.7 Å². The van der Waals surface area contributed by atoms with E-state index in [2.05, 4.69) is 25.3 Å². The molecule has 14 nitrogen and oxygen atoms in total. The van der Waals surface area contributed by atoms with Crippen LogP contribution in [0.3, 0.4) is 0 Å². The highest BCUT2D eigenvalue weighted by Crippen LogP contribution is 2.43. The maximum atomic E-state index is 12.7. The van der Waals surface area contributed by atoms with E-state index in [1.807, 2.05) is 12.2 Å². The summed E-state index contributed by atoms with van der Waals surface area (Å²) in [6.07, 6.45) is 26.2. The minimum absolute atomic E-state index is 0.0495. The number of allylic oxidation sites excluding steroid dienone is 2. The molecule has 8 atom stereocenters. The lowest BCUT2D eigenvalue weighted by molar-refractivity contribution is -0.199. The van der Waals surface area contributed by atoms with Crippen LogP contribution in [0.25, 0.3) is 0 Å². The van der Waals surface area contributed by atoms with Crippen molar-refractivity contribution < 1.29 is 67.8 Å². The van der Waals surface area contributed by atoms with Crippen LogP contribution in [0.2, 0.25) is 0 Å². The van der Waals surface area contributed by atoms with E-state index < -0.39 is 83.0 Å². The van der Waals surface area contributed by atoms with Gasteiger partial charge in [-0.25, -0.2) is 4.57 Å². The van der Waals surface area contributed by atoms with Gasteiger partial charge in [0.2, 0.25) is 0 Å². The summed E-state index contributed by atoms with van der Waals surface area (Å²) in [7, 11) is -4.69. The Kier molecular flexibility index (Phi) is 35.3. The summed E-state index contributed by atoms with van der Waals surface area (Å²) < 4.78 is 38.4. The zero-order valence-corrected chi connectivity index (χ0v) is 39.4. The maximum absolute atomic E-state index is 12.7. The van der Waals surface area contributed by atoms with Crippen molar-refractivity contribution in [2.75, 3.05) is 26.4 Å². The molecule has 0 amide bonds. The summed E-state index contributed by atoms with van der Waals surface area (Å²) >= 11 is 0. The molecule has 1 aliphatic rings. The minimum atomic E-state index is -4.69. The number of carbonyl (C=O) groups is 2. The SMILES string of the molecule is CCCCC[C@H](O)/C=C/[C@H]1OC(O)C[C@H](O)[C@@H]1C/C=C\CCCC(=O)OC[C@H](COP(=O)(O)OC[C@@H](O)CO)OC(=O)CCCCCCCCCCCCCCCCCC(C)C. The molecule has 62 heavy (non-hydrogen) atoms. The lowest BCUT2D eigenvalue weighted by Crippen LogP contribution is -2.43. The Morgan fingerprint density at radius 3 is 1.90 bits per heavy atom. The highest BCUT2D eigenvalue weighted by molar-refractivity contribution is 7.47. The predicted molar refractivity (Wildman–Crippen MR) is 241 cm³/mol. The average molecular weight is 907 g/mol. The second-order valence-corrected chi connectivity index (χ2v) is 19.0. The quantitative estimate of drug-likeness (QED) is 0.0146. The summed E-state index contributed by atoms with van der Waals surface area (Å²) in [5.41, 5.74) is 0. The second kappa shape index (κ2) is 37.5. The molecule has 1 rings (SSSR count). The first-order chi connectivity index (χ1) is 29.8. The van der Waals surface area contributed by atoms with Crippen LogP contribution in [0.4, 0.5) is 0 Å². The molecule has 0 spiro atoms. The van der Waals surface area contributed by atoms with Gasteiger partial charge in [0.15, 0.2) is 12.4 Å². The van der Waals surface area contributed by atoms with E-state index in [0.29, 0.717) is 32.1 Å². The van der Waals surface area contributed by atoms with Crippen molar-refractivity contribution in [3.63, 3.8) is 0 Å². The van der Waals surface area contributed by atoms with E-state index in [-0.39, 0.29) is 25.2 Å². The third kappa shape index (κ3) is 32.9. The number of phosphoric ester groups is 1. The molecule has 0 saturated carbocycles. The molecule has 364 valence electrons. The molecule has 0 bridgehead atoms. The number of aliphatic hydroxyl groups excluding tert-OH is 5. The van der Waals surface area contributed by atoms with Crippen molar-refractivity contribution in [3.8, 4) is 0 Å². The summed E-state index contributed by atoms with van der Waals surface area (Å²) in [6.45, 7) is 4.32. The smallest absolute Gasteiger partial charge is 0.462 e. The fourth-order valence-electron chi connectivity index (χ4n) is 7.28. The average Bonchev–Trinajstić information content (AvgIpc) is 3.23. The van der Waals surface area contributed by atoms with Crippen molar-refractivity contribution >= 4 is 19.8 Å². The van der Waals surface area contributed by atoms with Gasteiger partial charge in [0.25, 0.3) is 0 Å². The molecule has 1 aliphatic heterocycles.